The monoisotopic (exact) mass is 298 g/mol. The van der Waals surface area contributed by atoms with Gasteiger partial charge in [0.2, 0.25) is 0 Å². The summed E-state index contributed by atoms with van der Waals surface area (Å²) in [4.78, 5) is 11.0. The normalized spacial score (nSPS) is 10.0. The SMILES string of the molecule is CCCCCCCC(=O)OCCI. The molecule has 0 aromatic heterocycles. The Balaban J connectivity index is 3.08. The van der Waals surface area contributed by atoms with Crippen LogP contribution in [0, 0.1) is 0 Å². The van der Waals surface area contributed by atoms with Crippen molar-refractivity contribution < 1.29 is 9.53 Å². The molecule has 0 spiro atoms. The number of halogens is 1. The largest absolute Gasteiger partial charge is 0.465 e. The molecule has 2 nitrogen and oxygen atoms in total. The maximum absolute atomic E-state index is 11.0. The number of hydrogen-bond donors (Lipinski definition) is 0. The molecule has 0 amide bonds. The third-order valence-electron chi connectivity index (χ3n) is 1.82. The number of ether oxygens (including phenoxy) is 1. The highest BCUT2D eigenvalue weighted by Gasteiger charge is 2.00. The molecular weight excluding hydrogens is 279 g/mol. The van der Waals surface area contributed by atoms with Gasteiger partial charge < -0.3 is 4.74 Å². The first-order chi connectivity index (χ1) is 6.31. The van der Waals surface area contributed by atoms with Crippen molar-refractivity contribution in [2.45, 2.75) is 45.4 Å². The Kier molecular flexibility index (Phi) is 10.4. The topological polar surface area (TPSA) is 26.3 Å². The van der Waals surface area contributed by atoms with Crippen molar-refractivity contribution in [2.24, 2.45) is 0 Å². The molecule has 0 atom stereocenters. The van der Waals surface area contributed by atoms with Crippen LogP contribution in [0.3, 0.4) is 0 Å². The standard InChI is InChI=1S/C10H19IO2/c1-2-3-4-5-6-7-10(12)13-9-8-11/h2-9H2,1H3. The van der Waals surface area contributed by atoms with E-state index in [1.165, 1.54) is 19.3 Å². The Hall–Kier alpha value is 0.200. The fraction of sp³-hybridized carbons (Fsp3) is 0.900. The number of unbranched alkanes of at least 4 members (excludes halogenated alkanes) is 4. The Morgan fingerprint density at radius 3 is 2.54 bits per heavy atom. The minimum atomic E-state index is -0.0341. The molecular formula is C10H19IO2. The Bertz CT molecular complexity index is 126. The fourth-order valence-electron chi connectivity index (χ4n) is 1.10. The second-order valence-corrected chi connectivity index (χ2v) is 4.15. The molecule has 0 aromatic carbocycles. The van der Waals surface area contributed by atoms with Crippen molar-refractivity contribution in [3.63, 3.8) is 0 Å². The zero-order valence-corrected chi connectivity index (χ0v) is 10.5. The predicted octanol–water partition coefficient (Wildman–Crippen LogP) is 3.33. The van der Waals surface area contributed by atoms with Crippen LogP contribution in [0.2, 0.25) is 0 Å². The third-order valence-corrected chi connectivity index (χ3v) is 2.27. The summed E-state index contributed by atoms with van der Waals surface area (Å²) in [6.45, 7) is 2.75. The average molecular weight is 298 g/mol. The van der Waals surface area contributed by atoms with Crippen LogP contribution in [0.1, 0.15) is 45.4 Å². The predicted molar refractivity (Wildman–Crippen MR) is 63.2 cm³/mol. The van der Waals surface area contributed by atoms with Crippen molar-refractivity contribution in [1.29, 1.82) is 0 Å². The average Bonchev–Trinajstić information content (AvgIpc) is 2.14. The fourth-order valence-corrected chi connectivity index (χ4v) is 1.32. The quantitative estimate of drug-likeness (QED) is 0.297. The van der Waals surface area contributed by atoms with Gasteiger partial charge >= 0.3 is 5.97 Å². The first-order valence-corrected chi connectivity index (χ1v) is 6.55. The van der Waals surface area contributed by atoms with E-state index in [1.807, 2.05) is 0 Å². The molecule has 0 fully saturated rings. The highest BCUT2D eigenvalue weighted by atomic mass is 127. The van der Waals surface area contributed by atoms with Crippen molar-refractivity contribution in [1.82, 2.24) is 0 Å². The molecule has 0 aliphatic carbocycles. The van der Waals surface area contributed by atoms with E-state index in [1.54, 1.807) is 0 Å². The van der Waals surface area contributed by atoms with Crippen LogP contribution in [-0.2, 0) is 9.53 Å². The number of carbonyl (C=O) groups is 1. The lowest BCUT2D eigenvalue weighted by molar-refractivity contribution is -0.143. The van der Waals surface area contributed by atoms with Crippen molar-refractivity contribution in [3.05, 3.63) is 0 Å². The summed E-state index contributed by atoms with van der Waals surface area (Å²) in [7, 11) is 0. The van der Waals surface area contributed by atoms with Crippen LogP contribution in [0.5, 0.6) is 0 Å². The van der Waals surface area contributed by atoms with Gasteiger partial charge in [-0.1, -0.05) is 55.2 Å². The molecule has 0 saturated heterocycles. The number of alkyl halides is 1. The lowest BCUT2D eigenvalue weighted by Gasteiger charge is -2.01. The number of esters is 1. The third kappa shape index (κ3) is 10.1. The first kappa shape index (κ1) is 13.2. The summed E-state index contributed by atoms with van der Waals surface area (Å²) < 4.78 is 5.84. The smallest absolute Gasteiger partial charge is 0.305 e. The van der Waals surface area contributed by atoms with E-state index in [0.717, 1.165) is 17.3 Å². The number of carbonyl (C=O) groups excluding carboxylic acids is 1. The van der Waals surface area contributed by atoms with E-state index in [0.29, 0.717) is 13.0 Å². The lowest BCUT2D eigenvalue weighted by Crippen LogP contribution is -2.05. The van der Waals surface area contributed by atoms with E-state index in [2.05, 4.69) is 29.5 Å². The van der Waals surface area contributed by atoms with Gasteiger partial charge in [-0.2, -0.15) is 0 Å². The molecule has 0 bridgehead atoms. The molecule has 0 heterocycles. The zero-order valence-electron chi connectivity index (χ0n) is 8.35. The van der Waals surface area contributed by atoms with Crippen LogP contribution >= 0.6 is 22.6 Å². The molecule has 0 saturated carbocycles. The number of hydrogen-bond acceptors (Lipinski definition) is 2. The van der Waals surface area contributed by atoms with Crippen LogP contribution in [-0.4, -0.2) is 17.0 Å². The van der Waals surface area contributed by atoms with E-state index < -0.39 is 0 Å². The molecule has 78 valence electrons. The molecule has 13 heavy (non-hydrogen) atoms. The highest BCUT2D eigenvalue weighted by molar-refractivity contribution is 14.1. The minimum Gasteiger partial charge on any atom is -0.465 e. The van der Waals surface area contributed by atoms with E-state index in [4.69, 9.17) is 4.74 Å². The van der Waals surface area contributed by atoms with Gasteiger partial charge in [0.25, 0.3) is 0 Å². The van der Waals surface area contributed by atoms with Gasteiger partial charge in [-0.25, -0.2) is 0 Å². The molecule has 0 radical (unpaired) electrons. The van der Waals surface area contributed by atoms with Crippen molar-refractivity contribution >= 4 is 28.6 Å². The Morgan fingerprint density at radius 2 is 1.92 bits per heavy atom. The molecule has 0 unspecified atom stereocenters. The van der Waals surface area contributed by atoms with Crippen molar-refractivity contribution in [2.75, 3.05) is 11.0 Å². The van der Waals surface area contributed by atoms with Gasteiger partial charge in [0.1, 0.15) is 6.61 Å². The van der Waals surface area contributed by atoms with Gasteiger partial charge in [0.15, 0.2) is 0 Å². The lowest BCUT2D eigenvalue weighted by atomic mass is 10.1. The van der Waals surface area contributed by atoms with E-state index in [9.17, 15) is 4.79 Å². The second-order valence-electron chi connectivity index (χ2n) is 3.07. The van der Waals surface area contributed by atoms with Gasteiger partial charge in [-0.3, -0.25) is 4.79 Å². The zero-order chi connectivity index (χ0) is 9.94. The van der Waals surface area contributed by atoms with Crippen LogP contribution in [0.25, 0.3) is 0 Å². The van der Waals surface area contributed by atoms with Gasteiger partial charge in [0.05, 0.1) is 0 Å². The van der Waals surface area contributed by atoms with Gasteiger partial charge in [-0.15, -0.1) is 0 Å². The molecule has 0 aromatic rings. The highest BCUT2D eigenvalue weighted by Crippen LogP contribution is 2.05. The summed E-state index contributed by atoms with van der Waals surface area (Å²) in [5.74, 6) is -0.0341. The van der Waals surface area contributed by atoms with E-state index in [-0.39, 0.29) is 5.97 Å². The Morgan fingerprint density at radius 1 is 1.23 bits per heavy atom. The van der Waals surface area contributed by atoms with E-state index >= 15 is 0 Å². The summed E-state index contributed by atoms with van der Waals surface area (Å²) >= 11 is 2.20. The summed E-state index contributed by atoms with van der Waals surface area (Å²) in [6, 6.07) is 0. The van der Waals surface area contributed by atoms with Crippen molar-refractivity contribution in [3.8, 4) is 0 Å². The Labute approximate surface area is 94.6 Å². The summed E-state index contributed by atoms with van der Waals surface area (Å²) in [5, 5.41) is 0. The molecule has 0 aliphatic heterocycles. The second kappa shape index (κ2) is 10.3. The summed E-state index contributed by atoms with van der Waals surface area (Å²) in [5.41, 5.74) is 0. The molecule has 3 heteroatoms. The minimum absolute atomic E-state index is 0.0341. The van der Waals surface area contributed by atoms with Crippen LogP contribution in [0.15, 0.2) is 0 Å². The first-order valence-electron chi connectivity index (χ1n) is 5.02. The maximum atomic E-state index is 11.0. The number of rotatable bonds is 8. The molecule has 0 rings (SSSR count). The molecule has 0 N–H and O–H groups in total. The molecule has 0 aliphatic rings. The van der Waals surface area contributed by atoms with Gasteiger partial charge in [-0.05, 0) is 6.42 Å². The van der Waals surface area contributed by atoms with Crippen LogP contribution < -0.4 is 0 Å². The van der Waals surface area contributed by atoms with Crippen LogP contribution in [0.4, 0.5) is 0 Å². The van der Waals surface area contributed by atoms with Gasteiger partial charge in [0, 0.05) is 10.8 Å². The maximum Gasteiger partial charge on any atom is 0.305 e. The summed E-state index contributed by atoms with van der Waals surface area (Å²) in [6.07, 6.45) is 6.52.